The van der Waals surface area contributed by atoms with Crippen LogP contribution in [0.3, 0.4) is 0 Å². The average molecular weight is 370 g/mol. The number of ether oxygens (including phenoxy) is 2. The van der Waals surface area contributed by atoms with Crippen molar-refractivity contribution >= 4 is 17.5 Å². The molecule has 6 nitrogen and oxygen atoms in total. The van der Waals surface area contributed by atoms with Crippen molar-refractivity contribution in [2.75, 3.05) is 18.5 Å². The smallest absolute Gasteiger partial charge is 0.255 e. The van der Waals surface area contributed by atoms with Gasteiger partial charge in [0.1, 0.15) is 0 Å². The van der Waals surface area contributed by atoms with Crippen molar-refractivity contribution in [3.63, 3.8) is 0 Å². The van der Waals surface area contributed by atoms with Gasteiger partial charge in [-0.3, -0.25) is 9.59 Å². The first kappa shape index (κ1) is 20.3. The zero-order valence-corrected chi connectivity index (χ0v) is 16.2. The summed E-state index contributed by atoms with van der Waals surface area (Å²) < 4.78 is 11.1. The molecule has 0 radical (unpaired) electrons. The molecule has 0 unspecified atom stereocenters. The highest BCUT2D eigenvalue weighted by Gasteiger charge is 2.12. The van der Waals surface area contributed by atoms with Gasteiger partial charge in [-0.1, -0.05) is 0 Å². The van der Waals surface area contributed by atoms with Crippen molar-refractivity contribution in [2.24, 2.45) is 0 Å². The Bertz CT molecular complexity index is 785. The molecule has 0 aliphatic heterocycles. The topological polar surface area (TPSA) is 76.7 Å². The van der Waals surface area contributed by atoms with E-state index in [-0.39, 0.29) is 17.9 Å². The number of anilines is 1. The van der Waals surface area contributed by atoms with Crippen molar-refractivity contribution in [3.8, 4) is 11.5 Å². The molecule has 0 saturated heterocycles. The molecule has 0 aliphatic rings. The van der Waals surface area contributed by atoms with Gasteiger partial charge in [0, 0.05) is 22.9 Å². The van der Waals surface area contributed by atoms with Crippen molar-refractivity contribution in [1.29, 1.82) is 0 Å². The summed E-state index contributed by atoms with van der Waals surface area (Å²) in [5, 5.41) is 5.65. The number of nitrogens with one attached hydrogen (secondary N) is 2. The van der Waals surface area contributed by atoms with E-state index in [9.17, 15) is 9.59 Å². The highest BCUT2D eigenvalue weighted by molar-refractivity contribution is 6.05. The molecular weight excluding hydrogens is 344 g/mol. The van der Waals surface area contributed by atoms with Crippen molar-refractivity contribution < 1.29 is 19.1 Å². The van der Waals surface area contributed by atoms with Crippen LogP contribution < -0.4 is 20.1 Å². The number of rotatable bonds is 8. The maximum Gasteiger partial charge on any atom is 0.255 e. The first-order valence-electron chi connectivity index (χ1n) is 9.06. The van der Waals surface area contributed by atoms with Crippen molar-refractivity contribution in [2.45, 2.75) is 33.7 Å². The normalized spacial score (nSPS) is 10.4. The summed E-state index contributed by atoms with van der Waals surface area (Å²) >= 11 is 0. The first-order chi connectivity index (χ1) is 12.9. The summed E-state index contributed by atoms with van der Waals surface area (Å²) in [7, 11) is 0. The number of carbonyl (C=O) groups excluding carboxylic acids is 2. The molecule has 0 spiro atoms. The Morgan fingerprint density at radius 3 is 2.04 bits per heavy atom. The van der Waals surface area contributed by atoms with E-state index in [1.807, 2.05) is 27.7 Å². The van der Waals surface area contributed by atoms with Crippen molar-refractivity contribution in [3.05, 3.63) is 53.6 Å². The minimum atomic E-state index is -0.265. The monoisotopic (exact) mass is 370 g/mol. The van der Waals surface area contributed by atoms with Gasteiger partial charge in [-0.2, -0.15) is 0 Å². The van der Waals surface area contributed by atoms with Crippen LogP contribution in [0.1, 0.15) is 48.4 Å². The second-order valence-electron chi connectivity index (χ2n) is 6.19. The molecule has 2 aromatic rings. The van der Waals surface area contributed by atoms with E-state index in [2.05, 4.69) is 10.6 Å². The fourth-order valence-electron chi connectivity index (χ4n) is 2.45. The lowest BCUT2D eigenvalue weighted by Gasteiger charge is -2.13. The average Bonchev–Trinajstić information content (AvgIpc) is 2.63. The van der Waals surface area contributed by atoms with E-state index in [0.717, 1.165) is 0 Å². The van der Waals surface area contributed by atoms with E-state index in [1.54, 1.807) is 42.5 Å². The molecular formula is C21H26N2O4. The van der Waals surface area contributed by atoms with Crippen LogP contribution in [0.25, 0.3) is 0 Å². The molecule has 0 aliphatic carbocycles. The Balaban J connectivity index is 2.10. The van der Waals surface area contributed by atoms with Crippen LogP contribution in [0.5, 0.6) is 11.5 Å². The largest absolute Gasteiger partial charge is 0.490 e. The van der Waals surface area contributed by atoms with Gasteiger partial charge in [-0.05, 0) is 70.2 Å². The number of hydrogen-bond acceptors (Lipinski definition) is 4. The number of hydrogen-bond donors (Lipinski definition) is 2. The standard InChI is InChI=1S/C21H26N2O4/c1-5-26-18-12-9-16(13-19(18)27-6-2)21(25)23-17-10-7-15(8-11-17)20(24)22-14(3)4/h7-14H,5-6H2,1-4H3,(H,22,24)(H,23,25). The van der Waals surface area contributed by atoms with Crippen LogP contribution in [-0.4, -0.2) is 31.1 Å². The first-order valence-corrected chi connectivity index (χ1v) is 9.06. The molecule has 2 N–H and O–H groups in total. The number of benzene rings is 2. The molecule has 144 valence electrons. The Morgan fingerprint density at radius 2 is 1.44 bits per heavy atom. The molecule has 0 aromatic heterocycles. The maximum atomic E-state index is 12.5. The van der Waals surface area contributed by atoms with Gasteiger partial charge in [-0.15, -0.1) is 0 Å². The lowest BCUT2D eigenvalue weighted by atomic mass is 10.1. The van der Waals surface area contributed by atoms with E-state index < -0.39 is 0 Å². The zero-order valence-electron chi connectivity index (χ0n) is 16.2. The highest BCUT2D eigenvalue weighted by atomic mass is 16.5. The second kappa shape index (κ2) is 9.62. The SMILES string of the molecule is CCOc1ccc(C(=O)Nc2ccc(C(=O)NC(C)C)cc2)cc1OCC. The summed E-state index contributed by atoms with van der Waals surface area (Å²) in [6, 6.07) is 11.9. The van der Waals surface area contributed by atoms with E-state index in [0.29, 0.717) is 41.5 Å². The van der Waals surface area contributed by atoms with E-state index >= 15 is 0 Å². The Kier molecular flexibility index (Phi) is 7.23. The lowest BCUT2D eigenvalue weighted by molar-refractivity contribution is 0.0942. The van der Waals surface area contributed by atoms with Gasteiger partial charge >= 0.3 is 0 Å². The van der Waals surface area contributed by atoms with Gasteiger partial charge in [0.05, 0.1) is 13.2 Å². The predicted molar refractivity (Wildman–Crippen MR) is 106 cm³/mol. The third-order valence-corrected chi connectivity index (χ3v) is 3.63. The highest BCUT2D eigenvalue weighted by Crippen LogP contribution is 2.29. The molecule has 2 aromatic carbocycles. The third kappa shape index (κ3) is 5.74. The van der Waals surface area contributed by atoms with Gasteiger partial charge < -0.3 is 20.1 Å². The Hall–Kier alpha value is -3.02. The molecule has 2 rings (SSSR count). The Morgan fingerprint density at radius 1 is 0.852 bits per heavy atom. The molecule has 0 saturated carbocycles. The fraction of sp³-hybridized carbons (Fsp3) is 0.333. The minimum Gasteiger partial charge on any atom is -0.490 e. The maximum absolute atomic E-state index is 12.5. The molecule has 0 fully saturated rings. The summed E-state index contributed by atoms with van der Waals surface area (Å²) in [5.74, 6) is 0.734. The van der Waals surface area contributed by atoms with Crippen LogP contribution in [0.4, 0.5) is 5.69 Å². The van der Waals surface area contributed by atoms with Gasteiger partial charge in [-0.25, -0.2) is 0 Å². The molecule has 2 amide bonds. The van der Waals surface area contributed by atoms with E-state index in [4.69, 9.17) is 9.47 Å². The zero-order chi connectivity index (χ0) is 19.8. The predicted octanol–water partition coefficient (Wildman–Crippen LogP) is 3.87. The van der Waals surface area contributed by atoms with Crippen LogP contribution in [0, 0.1) is 0 Å². The minimum absolute atomic E-state index is 0.0658. The third-order valence-electron chi connectivity index (χ3n) is 3.63. The molecule has 0 bridgehead atoms. The fourth-order valence-corrected chi connectivity index (χ4v) is 2.45. The molecule has 0 heterocycles. The van der Waals surface area contributed by atoms with Crippen molar-refractivity contribution in [1.82, 2.24) is 5.32 Å². The number of amides is 2. The summed E-state index contributed by atoms with van der Waals surface area (Å²) in [5.41, 5.74) is 1.61. The summed E-state index contributed by atoms with van der Waals surface area (Å²) in [6.45, 7) is 8.56. The quantitative estimate of drug-likeness (QED) is 0.739. The molecule has 0 atom stereocenters. The molecule has 27 heavy (non-hydrogen) atoms. The second-order valence-corrected chi connectivity index (χ2v) is 6.19. The molecule has 6 heteroatoms. The Labute approximate surface area is 159 Å². The van der Waals surface area contributed by atoms with Crippen LogP contribution >= 0.6 is 0 Å². The van der Waals surface area contributed by atoms with E-state index in [1.165, 1.54) is 0 Å². The van der Waals surface area contributed by atoms with Gasteiger partial charge in [0.25, 0.3) is 11.8 Å². The van der Waals surface area contributed by atoms with Crippen LogP contribution in [0.15, 0.2) is 42.5 Å². The van der Waals surface area contributed by atoms with Gasteiger partial charge in [0.15, 0.2) is 11.5 Å². The van der Waals surface area contributed by atoms with Crippen LogP contribution in [0.2, 0.25) is 0 Å². The van der Waals surface area contributed by atoms with Crippen LogP contribution in [-0.2, 0) is 0 Å². The lowest BCUT2D eigenvalue weighted by Crippen LogP contribution is -2.30. The summed E-state index contributed by atoms with van der Waals surface area (Å²) in [6.07, 6.45) is 0. The number of carbonyl (C=O) groups is 2. The van der Waals surface area contributed by atoms with Gasteiger partial charge in [0.2, 0.25) is 0 Å². The summed E-state index contributed by atoms with van der Waals surface area (Å²) in [4.78, 5) is 24.5.